The Bertz CT molecular complexity index is 1160. The first-order chi connectivity index (χ1) is 13.5. The van der Waals surface area contributed by atoms with E-state index in [-0.39, 0.29) is 5.95 Å². The van der Waals surface area contributed by atoms with Crippen LogP contribution in [0.5, 0.6) is 0 Å². The van der Waals surface area contributed by atoms with Gasteiger partial charge in [-0.25, -0.2) is 9.97 Å². The summed E-state index contributed by atoms with van der Waals surface area (Å²) in [6.45, 7) is 1.97. The highest BCUT2D eigenvalue weighted by molar-refractivity contribution is 6.42. The standard InChI is InChI=1S/C22H16Cl2N4/c1-13-7-17(15-5-6-19(23)20(24)9-15)10-21(28-13)16-4-2-3-14(8-16)18-11-26-22(25)27-12-18/h2-12H,1H3,(H2,25,26,27). The van der Waals surface area contributed by atoms with Crippen LogP contribution >= 0.6 is 23.2 Å². The third kappa shape index (κ3) is 3.84. The van der Waals surface area contributed by atoms with Crippen molar-refractivity contribution in [2.24, 2.45) is 0 Å². The Kier molecular flexibility index (Phi) is 4.99. The molecule has 0 spiro atoms. The first kappa shape index (κ1) is 18.4. The maximum atomic E-state index is 6.19. The van der Waals surface area contributed by atoms with Gasteiger partial charge in [0.25, 0.3) is 0 Å². The van der Waals surface area contributed by atoms with E-state index in [4.69, 9.17) is 33.9 Å². The van der Waals surface area contributed by atoms with Gasteiger partial charge in [0.2, 0.25) is 5.95 Å². The molecular weight excluding hydrogens is 391 g/mol. The van der Waals surface area contributed by atoms with Crippen molar-refractivity contribution >= 4 is 29.2 Å². The summed E-state index contributed by atoms with van der Waals surface area (Å²) in [7, 11) is 0. The van der Waals surface area contributed by atoms with Gasteiger partial charge >= 0.3 is 0 Å². The normalized spacial score (nSPS) is 10.8. The molecule has 0 bridgehead atoms. The fourth-order valence-corrected chi connectivity index (χ4v) is 3.30. The van der Waals surface area contributed by atoms with Crippen LogP contribution in [0.1, 0.15) is 5.69 Å². The highest BCUT2D eigenvalue weighted by Gasteiger charge is 2.09. The van der Waals surface area contributed by atoms with Crippen LogP contribution in [0.4, 0.5) is 5.95 Å². The Hall–Kier alpha value is -2.95. The smallest absolute Gasteiger partial charge is 0.219 e. The molecule has 138 valence electrons. The fourth-order valence-electron chi connectivity index (χ4n) is 3.00. The maximum absolute atomic E-state index is 6.19. The van der Waals surface area contributed by atoms with E-state index in [1.165, 1.54) is 0 Å². The largest absolute Gasteiger partial charge is 0.368 e. The molecule has 0 radical (unpaired) electrons. The molecule has 2 N–H and O–H groups in total. The second-order valence-electron chi connectivity index (χ2n) is 6.42. The molecule has 0 atom stereocenters. The van der Waals surface area contributed by atoms with E-state index < -0.39 is 0 Å². The summed E-state index contributed by atoms with van der Waals surface area (Å²) in [4.78, 5) is 12.8. The van der Waals surface area contributed by atoms with Gasteiger partial charge in [-0.05, 0) is 53.9 Å². The predicted molar refractivity (Wildman–Crippen MR) is 115 cm³/mol. The Labute approximate surface area is 173 Å². The Morgan fingerprint density at radius 3 is 2.18 bits per heavy atom. The second kappa shape index (κ2) is 7.58. The zero-order valence-corrected chi connectivity index (χ0v) is 16.5. The number of nitrogens with zero attached hydrogens (tertiary/aromatic N) is 3. The highest BCUT2D eigenvalue weighted by Crippen LogP contribution is 2.32. The lowest BCUT2D eigenvalue weighted by Gasteiger charge is -2.10. The molecule has 4 rings (SSSR count). The molecule has 0 amide bonds. The number of hydrogen-bond acceptors (Lipinski definition) is 4. The number of nitrogen functional groups attached to an aromatic ring is 1. The summed E-state index contributed by atoms with van der Waals surface area (Å²) in [5.74, 6) is 0.256. The number of halogens is 2. The van der Waals surface area contributed by atoms with Crippen molar-refractivity contribution in [2.75, 3.05) is 5.73 Å². The molecule has 2 heterocycles. The molecule has 4 aromatic rings. The van der Waals surface area contributed by atoms with Crippen LogP contribution in [0.25, 0.3) is 33.5 Å². The van der Waals surface area contributed by atoms with Gasteiger partial charge in [-0.15, -0.1) is 0 Å². The van der Waals surface area contributed by atoms with Crippen LogP contribution in [0, 0.1) is 6.92 Å². The number of aromatic nitrogens is 3. The van der Waals surface area contributed by atoms with Crippen LogP contribution in [-0.4, -0.2) is 15.0 Å². The highest BCUT2D eigenvalue weighted by atomic mass is 35.5. The van der Waals surface area contributed by atoms with E-state index in [2.05, 4.69) is 16.0 Å². The molecule has 6 heteroatoms. The number of aryl methyl sites for hydroxylation is 1. The molecule has 2 aromatic heterocycles. The van der Waals surface area contributed by atoms with E-state index in [1.54, 1.807) is 18.5 Å². The molecule has 0 aliphatic heterocycles. The van der Waals surface area contributed by atoms with Crippen LogP contribution < -0.4 is 5.73 Å². The molecule has 0 unspecified atom stereocenters. The zero-order chi connectivity index (χ0) is 19.7. The molecule has 0 fully saturated rings. The SMILES string of the molecule is Cc1cc(-c2ccc(Cl)c(Cl)c2)cc(-c2cccc(-c3cnc(N)nc3)c2)n1. The first-order valence-corrected chi connectivity index (χ1v) is 9.37. The van der Waals surface area contributed by atoms with Gasteiger partial charge in [0.05, 0.1) is 15.7 Å². The van der Waals surface area contributed by atoms with E-state index in [0.717, 1.165) is 39.2 Å². The van der Waals surface area contributed by atoms with Crippen LogP contribution in [0.15, 0.2) is 67.0 Å². The second-order valence-corrected chi connectivity index (χ2v) is 7.24. The molecule has 0 aliphatic rings. The maximum Gasteiger partial charge on any atom is 0.219 e. The Morgan fingerprint density at radius 2 is 1.43 bits per heavy atom. The van der Waals surface area contributed by atoms with Crippen molar-refractivity contribution in [2.45, 2.75) is 6.92 Å². The van der Waals surface area contributed by atoms with E-state index in [1.807, 2.05) is 49.4 Å². The zero-order valence-electron chi connectivity index (χ0n) is 15.0. The lowest BCUT2D eigenvalue weighted by atomic mass is 10.00. The number of benzene rings is 2. The van der Waals surface area contributed by atoms with Gasteiger partial charge in [0.15, 0.2) is 0 Å². The van der Waals surface area contributed by atoms with Crippen LogP contribution in [0.3, 0.4) is 0 Å². The molecule has 2 aromatic carbocycles. The third-order valence-corrected chi connectivity index (χ3v) is 5.11. The van der Waals surface area contributed by atoms with Gasteiger partial charge in [0.1, 0.15) is 0 Å². The summed E-state index contributed by atoms with van der Waals surface area (Å²) in [5, 5.41) is 1.07. The van der Waals surface area contributed by atoms with Crippen molar-refractivity contribution in [3.8, 4) is 33.5 Å². The van der Waals surface area contributed by atoms with Crippen molar-refractivity contribution < 1.29 is 0 Å². The van der Waals surface area contributed by atoms with Gasteiger partial charge in [-0.2, -0.15) is 0 Å². The predicted octanol–water partition coefficient (Wildman–Crippen LogP) is 6.07. The number of rotatable bonds is 3. The Balaban J connectivity index is 1.77. The molecule has 4 nitrogen and oxygen atoms in total. The number of anilines is 1. The Morgan fingerprint density at radius 1 is 0.714 bits per heavy atom. The van der Waals surface area contributed by atoms with Crippen LogP contribution in [0.2, 0.25) is 10.0 Å². The van der Waals surface area contributed by atoms with E-state index in [0.29, 0.717) is 10.0 Å². The lowest BCUT2D eigenvalue weighted by molar-refractivity contribution is 1.19. The van der Waals surface area contributed by atoms with Crippen LogP contribution in [-0.2, 0) is 0 Å². The summed E-state index contributed by atoms with van der Waals surface area (Å²) < 4.78 is 0. The molecule has 28 heavy (non-hydrogen) atoms. The summed E-state index contributed by atoms with van der Waals surface area (Å²) in [5.41, 5.74) is 12.3. The van der Waals surface area contributed by atoms with Crippen molar-refractivity contribution in [1.82, 2.24) is 15.0 Å². The van der Waals surface area contributed by atoms with E-state index in [9.17, 15) is 0 Å². The first-order valence-electron chi connectivity index (χ1n) is 8.62. The molecule has 0 saturated heterocycles. The molecule has 0 saturated carbocycles. The molecular formula is C22H16Cl2N4. The monoisotopic (exact) mass is 406 g/mol. The molecule has 0 aliphatic carbocycles. The third-order valence-electron chi connectivity index (χ3n) is 4.37. The summed E-state index contributed by atoms with van der Waals surface area (Å²) in [6.07, 6.45) is 3.43. The topological polar surface area (TPSA) is 64.7 Å². The number of pyridine rings is 1. The van der Waals surface area contributed by atoms with Gasteiger partial charge in [-0.3, -0.25) is 4.98 Å². The number of nitrogens with two attached hydrogens (primary N) is 1. The summed E-state index contributed by atoms with van der Waals surface area (Å²) >= 11 is 12.2. The van der Waals surface area contributed by atoms with Crippen molar-refractivity contribution in [1.29, 1.82) is 0 Å². The minimum absolute atomic E-state index is 0.256. The van der Waals surface area contributed by atoms with Crippen molar-refractivity contribution in [3.63, 3.8) is 0 Å². The minimum atomic E-state index is 0.256. The fraction of sp³-hybridized carbons (Fsp3) is 0.0455. The van der Waals surface area contributed by atoms with Gasteiger partial charge in [-0.1, -0.05) is 47.5 Å². The van der Waals surface area contributed by atoms with E-state index >= 15 is 0 Å². The lowest BCUT2D eigenvalue weighted by Crippen LogP contribution is -1.94. The summed E-state index contributed by atoms with van der Waals surface area (Å²) in [6, 6.07) is 17.8. The average molecular weight is 407 g/mol. The van der Waals surface area contributed by atoms with Gasteiger partial charge in [0, 0.05) is 29.2 Å². The minimum Gasteiger partial charge on any atom is -0.368 e. The van der Waals surface area contributed by atoms with Crippen molar-refractivity contribution in [3.05, 3.63) is 82.7 Å². The van der Waals surface area contributed by atoms with Gasteiger partial charge < -0.3 is 5.73 Å². The average Bonchev–Trinajstić information content (AvgIpc) is 2.70. The number of hydrogen-bond donors (Lipinski definition) is 1. The quantitative estimate of drug-likeness (QED) is 0.448.